The van der Waals surface area contributed by atoms with Gasteiger partial charge in [-0.15, -0.1) is 0 Å². The van der Waals surface area contributed by atoms with Gasteiger partial charge in [0.1, 0.15) is 12.4 Å². The first-order chi connectivity index (χ1) is 9.22. The van der Waals surface area contributed by atoms with Crippen LogP contribution < -0.4 is 4.74 Å². The molecule has 0 aliphatic heterocycles. The molecule has 0 aromatic heterocycles. The van der Waals surface area contributed by atoms with Crippen molar-refractivity contribution in [3.05, 3.63) is 64.2 Å². The first-order valence-corrected chi connectivity index (χ1v) is 6.63. The van der Waals surface area contributed by atoms with Crippen LogP contribution in [-0.4, -0.2) is 5.78 Å². The van der Waals surface area contributed by atoms with E-state index in [0.29, 0.717) is 18.1 Å². The zero-order valence-corrected chi connectivity index (χ0v) is 11.1. The van der Waals surface area contributed by atoms with Crippen LogP contribution in [0, 0.1) is 0 Å². The van der Waals surface area contributed by atoms with Crippen LogP contribution in [0.2, 0.25) is 5.02 Å². The van der Waals surface area contributed by atoms with Gasteiger partial charge in [0.05, 0.1) is 0 Å². The number of Topliss-reactive ketones (excluding diaryl/α,β-unsaturated/α-hetero) is 1. The predicted molar refractivity (Wildman–Crippen MR) is 74.9 cm³/mol. The molecule has 0 unspecified atom stereocenters. The molecular formula is C16H13ClO2. The summed E-state index contributed by atoms with van der Waals surface area (Å²) < 4.78 is 5.71. The lowest BCUT2D eigenvalue weighted by molar-refractivity contribution is 0.0994. The van der Waals surface area contributed by atoms with Crippen LogP contribution in [0.4, 0.5) is 0 Å². The molecule has 0 saturated heterocycles. The molecule has 0 atom stereocenters. The summed E-state index contributed by atoms with van der Waals surface area (Å²) in [6.07, 6.45) is 1.47. The van der Waals surface area contributed by atoms with Crippen molar-refractivity contribution < 1.29 is 9.53 Å². The number of carbonyl (C=O) groups excluding carboxylic acids is 1. The summed E-state index contributed by atoms with van der Waals surface area (Å²) >= 11 is 5.83. The predicted octanol–water partition coefficient (Wildman–Crippen LogP) is 4.05. The molecule has 2 aromatic rings. The molecule has 96 valence electrons. The van der Waals surface area contributed by atoms with E-state index in [2.05, 4.69) is 0 Å². The highest BCUT2D eigenvalue weighted by Crippen LogP contribution is 2.26. The second kappa shape index (κ2) is 5.06. The number of fused-ring (bicyclic) bond motifs is 1. The summed E-state index contributed by atoms with van der Waals surface area (Å²) in [5, 5.41) is 0.715. The highest BCUT2D eigenvalue weighted by atomic mass is 35.5. The molecule has 0 N–H and O–H groups in total. The smallest absolute Gasteiger partial charge is 0.163 e. The van der Waals surface area contributed by atoms with E-state index >= 15 is 0 Å². The molecule has 2 nitrogen and oxygen atoms in total. The van der Waals surface area contributed by atoms with Crippen molar-refractivity contribution in [1.29, 1.82) is 0 Å². The minimum absolute atomic E-state index is 0.215. The Morgan fingerprint density at radius 3 is 2.63 bits per heavy atom. The lowest BCUT2D eigenvalue weighted by atomic mass is 10.1. The minimum atomic E-state index is 0.215. The van der Waals surface area contributed by atoms with Crippen LogP contribution >= 0.6 is 11.6 Å². The molecule has 0 spiro atoms. The Bertz CT molecular complexity index is 617. The summed E-state index contributed by atoms with van der Waals surface area (Å²) in [6.45, 7) is 0.476. The lowest BCUT2D eigenvalue weighted by Crippen LogP contribution is -1.97. The Morgan fingerprint density at radius 2 is 1.84 bits per heavy atom. The van der Waals surface area contributed by atoms with E-state index < -0.39 is 0 Å². The van der Waals surface area contributed by atoms with Crippen LogP contribution in [0.15, 0.2) is 42.5 Å². The van der Waals surface area contributed by atoms with Crippen molar-refractivity contribution in [3.63, 3.8) is 0 Å². The molecule has 1 aliphatic rings. The first kappa shape index (κ1) is 12.2. The highest BCUT2D eigenvalue weighted by molar-refractivity contribution is 6.30. The molecular weight excluding hydrogens is 260 g/mol. The fourth-order valence-corrected chi connectivity index (χ4v) is 2.38. The Hall–Kier alpha value is -1.80. The number of hydrogen-bond donors (Lipinski definition) is 0. The quantitative estimate of drug-likeness (QED) is 0.843. The zero-order valence-electron chi connectivity index (χ0n) is 10.4. The Labute approximate surface area is 117 Å². The van der Waals surface area contributed by atoms with Crippen molar-refractivity contribution in [3.8, 4) is 5.75 Å². The van der Waals surface area contributed by atoms with Gasteiger partial charge in [-0.1, -0.05) is 29.8 Å². The normalized spacial score (nSPS) is 13.4. The standard InChI is InChI=1S/C16H13ClO2/c17-13-5-1-11(2-6-13)10-19-14-7-3-12-4-8-16(18)15(12)9-14/h1-3,5-7,9H,4,8,10H2. The third kappa shape index (κ3) is 2.64. The van der Waals surface area contributed by atoms with Crippen LogP contribution in [0.1, 0.15) is 27.9 Å². The van der Waals surface area contributed by atoms with Gasteiger partial charge in [0, 0.05) is 17.0 Å². The van der Waals surface area contributed by atoms with E-state index in [1.54, 1.807) is 0 Å². The van der Waals surface area contributed by atoms with Gasteiger partial charge in [-0.3, -0.25) is 4.79 Å². The maximum Gasteiger partial charge on any atom is 0.163 e. The lowest BCUT2D eigenvalue weighted by Gasteiger charge is -2.08. The van der Waals surface area contributed by atoms with Gasteiger partial charge in [-0.2, -0.15) is 0 Å². The van der Waals surface area contributed by atoms with Crippen LogP contribution in [0.3, 0.4) is 0 Å². The van der Waals surface area contributed by atoms with Gasteiger partial charge in [0.15, 0.2) is 5.78 Å². The van der Waals surface area contributed by atoms with Crippen molar-refractivity contribution >= 4 is 17.4 Å². The van der Waals surface area contributed by atoms with Crippen LogP contribution in [0.25, 0.3) is 0 Å². The third-order valence-electron chi connectivity index (χ3n) is 3.32. The van der Waals surface area contributed by atoms with Gasteiger partial charge >= 0.3 is 0 Å². The van der Waals surface area contributed by atoms with Crippen molar-refractivity contribution in [1.82, 2.24) is 0 Å². The molecule has 0 fully saturated rings. The van der Waals surface area contributed by atoms with Crippen LogP contribution in [-0.2, 0) is 13.0 Å². The van der Waals surface area contributed by atoms with Gasteiger partial charge in [-0.05, 0) is 41.8 Å². The van der Waals surface area contributed by atoms with E-state index in [1.165, 1.54) is 0 Å². The Balaban J connectivity index is 1.72. The number of ketones is 1. The maximum atomic E-state index is 11.7. The van der Waals surface area contributed by atoms with Gasteiger partial charge < -0.3 is 4.74 Å². The number of hydrogen-bond acceptors (Lipinski definition) is 2. The van der Waals surface area contributed by atoms with E-state index in [4.69, 9.17) is 16.3 Å². The fraction of sp³-hybridized carbons (Fsp3) is 0.188. The number of benzene rings is 2. The van der Waals surface area contributed by atoms with Crippen molar-refractivity contribution in [2.75, 3.05) is 0 Å². The zero-order chi connectivity index (χ0) is 13.2. The number of halogens is 1. The SMILES string of the molecule is O=C1CCc2ccc(OCc3ccc(Cl)cc3)cc21. The monoisotopic (exact) mass is 272 g/mol. The topological polar surface area (TPSA) is 26.3 Å². The number of ether oxygens (including phenoxy) is 1. The summed E-state index contributed by atoms with van der Waals surface area (Å²) in [6, 6.07) is 13.3. The average Bonchev–Trinajstić information content (AvgIpc) is 2.80. The molecule has 0 radical (unpaired) electrons. The molecule has 3 heteroatoms. The summed E-state index contributed by atoms with van der Waals surface area (Å²) in [5.41, 5.74) is 2.99. The Morgan fingerprint density at radius 1 is 1.05 bits per heavy atom. The molecule has 0 saturated carbocycles. The third-order valence-corrected chi connectivity index (χ3v) is 3.57. The van der Waals surface area contributed by atoms with Crippen molar-refractivity contribution in [2.24, 2.45) is 0 Å². The second-order valence-corrected chi connectivity index (χ2v) is 5.09. The average molecular weight is 273 g/mol. The molecule has 0 heterocycles. The first-order valence-electron chi connectivity index (χ1n) is 6.26. The Kier molecular flexibility index (Phi) is 3.26. The summed E-state index contributed by atoms with van der Waals surface area (Å²) in [5.74, 6) is 0.955. The largest absolute Gasteiger partial charge is 0.489 e. The molecule has 2 aromatic carbocycles. The number of rotatable bonds is 3. The van der Waals surface area contributed by atoms with Crippen LogP contribution in [0.5, 0.6) is 5.75 Å². The van der Waals surface area contributed by atoms with E-state index in [-0.39, 0.29) is 5.78 Å². The summed E-state index contributed by atoms with van der Waals surface area (Å²) in [7, 11) is 0. The minimum Gasteiger partial charge on any atom is -0.489 e. The molecule has 3 rings (SSSR count). The number of carbonyl (C=O) groups is 1. The van der Waals surface area contributed by atoms with Crippen molar-refractivity contribution in [2.45, 2.75) is 19.4 Å². The number of aryl methyl sites for hydroxylation is 1. The second-order valence-electron chi connectivity index (χ2n) is 4.66. The molecule has 19 heavy (non-hydrogen) atoms. The van der Waals surface area contributed by atoms with Gasteiger partial charge in [0.2, 0.25) is 0 Å². The summed E-state index contributed by atoms with van der Waals surface area (Å²) in [4.78, 5) is 11.7. The van der Waals surface area contributed by atoms with Gasteiger partial charge in [-0.25, -0.2) is 0 Å². The maximum absolute atomic E-state index is 11.7. The fourth-order valence-electron chi connectivity index (χ4n) is 2.25. The van der Waals surface area contributed by atoms with E-state index in [1.807, 2.05) is 42.5 Å². The van der Waals surface area contributed by atoms with Gasteiger partial charge in [0.25, 0.3) is 0 Å². The highest BCUT2D eigenvalue weighted by Gasteiger charge is 2.19. The molecule has 1 aliphatic carbocycles. The van der Waals surface area contributed by atoms with E-state index in [9.17, 15) is 4.79 Å². The van der Waals surface area contributed by atoms with E-state index in [0.717, 1.165) is 28.9 Å². The molecule has 0 bridgehead atoms. The molecule has 0 amide bonds.